The number of rotatable bonds is 6. The molecule has 2 aromatic carbocycles. The van der Waals surface area contributed by atoms with E-state index >= 15 is 0 Å². The normalized spacial score (nSPS) is 32.6. The molecule has 2 aliphatic rings. The summed E-state index contributed by atoms with van der Waals surface area (Å²) >= 11 is 0. The van der Waals surface area contributed by atoms with Crippen molar-refractivity contribution >= 4 is 11.0 Å². The Bertz CT molecular complexity index is 1580. The van der Waals surface area contributed by atoms with Crippen LogP contribution in [0.25, 0.3) is 22.3 Å². The smallest absolute Gasteiger partial charge is 0.197 e. The Morgan fingerprint density at radius 2 is 1.27 bits per heavy atom. The van der Waals surface area contributed by atoms with E-state index in [9.17, 15) is 61.0 Å². The number of aliphatic hydroxyl groups excluding tert-OH is 8. The number of methoxy groups -OCH3 is 1. The number of phenols is 3. The van der Waals surface area contributed by atoms with E-state index in [-0.39, 0.29) is 22.8 Å². The molecular weight excluding hydrogens is 592 g/mol. The highest BCUT2D eigenvalue weighted by atomic mass is 16.6. The molecule has 3 heterocycles. The molecule has 240 valence electrons. The van der Waals surface area contributed by atoms with Gasteiger partial charge in [-0.3, -0.25) is 4.79 Å². The molecule has 16 heteroatoms. The molecule has 10 atom stereocenters. The fourth-order valence-electron chi connectivity index (χ4n) is 5.61. The zero-order valence-electron chi connectivity index (χ0n) is 23.0. The lowest BCUT2D eigenvalue weighted by Gasteiger charge is -2.42. The van der Waals surface area contributed by atoms with Crippen LogP contribution in [0.4, 0.5) is 0 Å². The molecule has 2 fully saturated rings. The van der Waals surface area contributed by atoms with Crippen molar-refractivity contribution < 1.29 is 74.8 Å². The Labute approximate surface area is 247 Å². The Morgan fingerprint density at radius 1 is 0.727 bits per heavy atom. The molecule has 1 aromatic heterocycles. The van der Waals surface area contributed by atoms with Gasteiger partial charge in [-0.2, -0.15) is 0 Å². The standard InChI is InChI=1S/C28H32O16/c1-41-11-3-2-8(4-9(11)31)12-5-10(32)15-20(35)16(27-24(39)22(37)18(33)13(6-29)43-27)21(36)17(26(15)42-12)28-25(40)23(38)19(34)14(7-30)44-28/h2-5,13-14,18-19,22-25,27-31,33-40H,6-7H2,1H3. The number of ether oxygens (including phenoxy) is 3. The molecule has 3 aromatic rings. The molecule has 10 unspecified atom stereocenters. The topological polar surface area (TPSA) is 280 Å². The zero-order valence-corrected chi connectivity index (χ0v) is 23.0. The van der Waals surface area contributed by atoms with Gasteiger partial charge in [-0.05, 0) is 18.2 Å². The molecule has 2 aliphatic heterocycles. The zero-order chi connectivity index (χ0) is 32.2. The van der Waals surface area contributed by atoms with E-state index < -0.39 is 113 Å². The van der Waals surface area contributed by atoms with Gasteiger partial charge in [-0.1, -0.05) is 0 Å². The first-order valence-electron chi connectivity index (χ1n) is 13.4. The number of aliphatic hydroxyl groups is 8. The molecule has 44 heavy (non-hydrogen) atoms. The minimum absolute atomic E-state index is 0.0957. The van der Waals surface area contributed by atoms with E-state index in [0.717, 1.165) is 6.07 Å². The highest BCUT2D eigenvalue weighted by molar-refractivity contribution is 5.92. The van der Waals surface area contributed by atoms with Gasteiger partial charge < -0.3 is 74.8 Å². The molecule has 0 bridgehead atoms. The summed E-state index contributed by atoms with van der Waals surface area (Å²) in [5, 5.41) is 115. The second-order valence-electron chi connectivity index (χ2n) is 10.6. The predicted molar refractivity (Wildman–Crippen MR) is 145 cm³/mol. The van der Waals surface area contributed by atoms with Crippen LogP contribution in [0.3, 0.4) is 0 Å². The van der Waals surface area contributed by atoms with Crippen molar-refractivity contribution in [2.24, 2.45) is 0 Å². The van der Waals surface area contributed by atoms with Crippen molar-refractivity contribution in [2.45, 2.75) is 61.0 Å². The van der Waals surface area contributed by atoms with Gasteiger partial charge in [-0.25, -0.2) is 0 Å². The van der Waals surface area contributed by atoms with Crippen LogP contribution in [0.1, 0.15) is 23.3 Å². The van der Waals surface area contributed by atoms with Crippen LogP contribution in [0.2, 0.25) is 0 Å². The van der Waals surface area contributed by atoms with Crippen molar-refractivity contribution in [3.05, 3.63) is 45.6 Å². The minimum Gasteiger partial charge on any atom is -0.507 e. The lowest BCUT2D eigenvalue weighted by atomic mass is 9.85. The van der Waals surface area contributed by atoms with Gasteiger partial charge in [0.25, 0.3) is 0 Å². The van der Waals surface area contributed by atoms with E-state index in [4.69, 9.17) is 18.6 Å². The van der Waals surface area contributed by atoms with Crippen LogP contribution in [0, 0.1) is 0 Å². The monoisotopic (exact) mass is 624 g/mol. The number of aromatic hydroxyl groups is 3. The van der Waals surface area contributed by atoms with Gasteiger partial charge in [0.15, 0.2) is 22.5 Å². The fourth-order valence-corrected chi connectivity index (χ4v) is 5.61. The van der Waals surface area contributed by atoms with E-state index in [1.807, 2.05) is 0 Å². The Hall–Kier alpha value is -3.55. The van der Waals surface area contributed by atoms with Crippen molar-refractivity contribution in [2.75, 3.05) is 20.3 Å². The average Bonchev–Trinajstić information content (AvgIpc) is 3.00. The molecule has 0 amide bonds. The SMILES string of the molecule is COc1ccc(-c2cc(=O)c3c(O)c(C4OC(CO)C(O)C(O)C4O)c(O)c(C4OC(CO)C(O)C(O)C4O)c3o2)cc1O. The molecule has 2 saturated heterocycles. The first-order chi connectivity index (χ1) is 20.9. The lowest BCUT2D eigenvalue weighted by Crippen LogP contribution is -2.55. The fraction of sp³-hybridized carbons (Fsp3) is 0.464. The highest BCUT2D eigenvalue weighted by Gasteiger charge is 2.50. The summed E-state index contributed by atoms with van der Waals surface area (Å²) in [5.41, 5.74) is -2.76. The molecular formula is C28H32O16. The van der Waals surface area contributed by atoms with Gasteiger partial charge in [-0.15, -0.1) is 0 Å². The van der Waals surface area contributed by atoms with Gasteiger partial charge in [0, 0.05) is 11.6 Å². The van der Waals surface area contributed by atoms with Gasteiger partial charge in [0.1, 0.15) is 83.7 Å². The van der Waals surface area contributed by atoms with Gasteiger partial charge in [0.2, 0.25) is 0 Å². The predicted octanol–water partition coefficient (Wildman–Crippen LogP) is -2.38. The van der Waals surface area contributed by atoms with Crippen LogP contribution < -0.4 is 10.2 Å². The summed E-state index contributed by atoms with van der Waals surface area (Å²) in [6.45, 7) is -1.73. The third-order valence-electron chi connectivity index (χ3n) is 8.01. The summed E-state index contributed by atoms with van der Waals surface area (Å²) in [7, 11) is 1.32. The van der Waals surface area contributed by atoms with Crippen LogP contribution in [-0.4, -0.2) is 125 Å². The number of benzene rings is 2. The maximum absolute atomic E-state index is 13.6. The number of hydrogen-bond acceptors (Lipinski definition) is 16. The second-order valence-corrected chi connectivity index (χ2v) is 10.6. The maximum atomic E-state index is 13.6. The molecule has 16 nitrogen and oxygen atoms in total. The summed E-state index contributed by atoms with van der Waals surface area (Å²) < 4.78 is 22.1. The molecule has 0 aliphatic carbocycles. The number of hydrogen-bond donors (Lipinski definition) is 11. The third kappa shape index (κ3) is 5.04. The largest absolute Gasteiger partial charge is 0.507 e. The first kappa shape index (κ1) is 31.9. The first-order valence-corrected chi connectivity index (χ1v) is 13.4. The van der Waals surface area contributed by atoms with Gasteiger partial charge in [0.05, 0.1) is 31.5 Å². The van der Waals surface area contributed by atoms with Crippen molar-refractivity contribution in [3.8, 4) is 34.3 Å². The van der Waals surface area contributed by atoms with E-state index in [2.05, 4.69) is 0 Å². The van der Waals surface area contributed by atoms with E-state index in [1.165, 1.54) is 25.3 Å². The van der Waals surface area contributed by atoms with E-state index in [0.29, 0.717) is 0 Å². The third-order valence-corrected chi connectivity index (χ3v) is 8.01. The van der Waals surface area contributed by atoms with Crippen LogP contribution in [0.15, 0.2) is 33.5 Å². The van der Waals surface area contributed by atoms with Crippen molar-refractivity contribution in [3.63, 3.8) is 0 Å². The molecule has 0 spiro atoms. The van der Waals surface area contributed by atoms with Crippen LogP contribution in [0.5, 0.6) is 23.0 Å². The minimum atomic E-state index is -2.04. The van der Waals surface area contributed by atoms with Crippen LogP contribution >= 0.6 is 0 Å². The molecule has 0 saturated carbocycles. The second kappa shape index (κ2) is 12.1. The summed E-state index contributed by atoms with van der Waals surface area (Å²) in [6, 6.07) is 4.90. The number of phenolic OH excluding ortho intramolecular Hbond substituents is 3. The van der Waals surface area contributed by atoms with Gasteiger partial charge >= 0.3 is 0 Å². The molecule has 5 rings (SSSR count). The summed E-state index contributed by atoms with van der Waals surface area (Å²) in [6.07, 6.45) is -18.4. The lowest BCUT2D eigenvalue weighted by molar-refractivity contribution is -0.234. The quantitative estimate of drug-likeness (QED) is 0.136. The summed E-state index contributed by atoms with van der Waals surface area (Å²) in [5.74, 6) is -2.48. The summed E-state index contributed by atoms with van der Waals surface area (Å²) in [4.78, 5) is 13.6. The Balaban J connectivity index is 1.82. The molecule has 11 N–H and O–H groups in total. The van der Waals surface area contributed by atoms with E-state index in [1.54, 1.807) is 0 Å². The number of fused-ring (bicyclic) bond motifs is 1. The van der Waals surface area contributed by atoms with Crippen LogP contribution in [-0.2, 0) is 9.47 Å². The maximum Gasteiger partial charge on any atom is 0.197 e. The van der Waals surface area contributed by atoms with Crippen molar-refractivity contribution in [1.82, 2.24) is 0 Å². The Kier molecular flexibility index (Phi) is 8.76. The Morgan fingerprint density at radius 3 is 1.77 bits per heavy atom. The average molecular weight is 625 g/mol. The van der Waals surface area contributed by atoms with Crippen molar-refractivity contribution in [1.29, 1.82) is 0 Å². The highest BCUT2D eigenvalue weighted by Crippen LogP contribution is 2.51. The molecule has 0 radical (unpaired) electrons.